The number of hydrogen-bond acceptors (Lipinski definition) is 2. The van der Waals surface area contributed by atoms with Gasteiger partial charge in [0.2, 0.25) is 0 Å². The molecule has 2 unspecified atom stereocenters. The molecular formula is C27H42O3. The van der Waals surface area contributed by atoms with E-state index in [9.17, 15) is 9.59 Å². The van der Waals surface area contributed by atoms with Crippen LogP contribution in [0.25, 0.3) is 0 Å². The molecule has 168 valence electrons. The Morgan fingerprint density at radius 3 is 2.57 bits per heavy atom. The van der Waals surface area contributed by atoms with Crippen LogP contribution < -0.4 is 0 Å². The molecule has 4 aliphatic carbocycles. The van der Waals surface area contributed by atoms with Gasteiger partial charge < -0.3 is 5.11 Å². The molecule has 3 heteroatoms. The number of carboxylic acid groups (broad SMARTS) is 1. The summed E-state index contributed by atoms with van der Waals surface area (Å²) < 4.78 is 0. The molecule has 4 aliphatic rings. The minimum absolute atomic E-state index is 0.356. The van der Waals surface area contributed by atoms with E-state index in [0.717, 1.165) is 55.8 Å². The van der Waals surface area contributed by atoms with Gasteiger partial charge in [-0.3, -0.25) is 4.79 Å². The molecule has 30 heavy (non-hydrogen) atoms. The second kappa shape index (κ2) is 8.10. The first-order valence-corrected chi connectivity index (χ1v) is 12.6. The molecule has 0 bridgehead atoms. The average molecular weight is 415 g/mol. The number of carbonyl (C=O) groups excluding carboxylic acids is 1. The average Bonchev–Trinajstić information content (AvgIpc) is 3.05. The Bertz CT molecular complexity index is 711. The molecule has 0 spiro atoms. The third-order valence-electron chi connectivity index (χ3n) is 10.7. The Kier molecular flexibility index (Phi) is 5.96. The first-order chi connectivity index (χ1) is 14.2. The maximum atomic E-state index is 12.1. The molecule has 1 N–H and O–H groups in total. The molecule has 4 fully saturated rings. The van der Waals surface area contributed by atoms with Crippen molar-refractivity contribution >= 4 is 11.8 Å². The van der Waals surface area contributed by atoms with E-state index in [2.05, 4.69) is 27.4 Å². The Morgan fingerprint density at radius 1 is 1.10 bits per heavy atom. The Hall–Kier alpha value is -1.12. The van der Waals surface area contributed by atoms with Crippen LogP contribution in [0.3, 0.4) is 0 Å². The highest BCUT2D eigenvalue weighted by molar-refractivity contribution is 5.85. The van der Waals surface area contributed by atoms with Crippen LogP contribution in [0.2, 0.25) is 0 Å². The van der Waals surface area contributed by atoms with Crippen molar-refractivity contribution in [3.63, 3.8) is 0 Å². The van der Waals surface area contributed by atoms with Crippen LogP contribution in [0.1, 0.15) is 97.8 Å². The predicted molar refractivity (Wildman–Crippen MR) is 120 cm³/mol. The highest BCUT2D eigenvalue weighted by Gasteiger charge is 2.60. The highest BCUT2D eigenvalue weighted by atomic mass is 16.4. The molecule has 0 heterocycles. The van der Waals surface area contributed by atoms with E-state index in [-0.39, 0.29) is 0 Å². The van der Waals surface area contributed by atoms with Gasteiger partial charge in [0.05, 0.1) is 0 Å². The van der Waals surface area contributed by atoms with E-state index < -0.39 is 5.97 Å². The molecule has 0 aromatic carbocycles. The summed E-state index contributed by atoms with van der Waals surface area (Å²) in [4.78, 5) is 23.1. The molecule has 3 nitrogen and oxygen atoms in total. The van der Waals surface area contributed by atoms with Gasteiger partial charge in [0.15, 0.2) is 0 Å². The third-order valence-corrected chi connectivity index (χ3v) is 10.7. The van der Waals surface area contributed by atoms with Gasteiger partial charge in [-0.1, -0.05) is 33.8 Å². The lowest BCUT2D eigenvalue weighted by molar-refractivity contribution is -0.140. The summed E-state index contributed by atoms with van der Waals surface area (Å²) in [7, 11) is 0. The molecule has 0 aromatic heterocycles. The number of hydrogen-bond donors (Lipinski definition) is 1. The molecule has 8 atom stereocenters. The van der Waals surface area contributed by atoms with E-state index in [1.807, 2.05) is 0 Å². The summed E-state index contributed by atoms with van der Waals surface area (Å²) in [6.45, 7) is 11.2. The van der Waals surface area contributed by atoms with E-state index in [0.29, 0.717) is 40.4 Å². The summed E-state index contributed by atoms with van der Waals surface area (Å²) in [5.74, 6) is 4.30. The standard InChI is InChI=1S/C27H42O3/c1-17(6-5-7-18(2)25(29)30)22-10-11-23-21-9-8-19-16-20(28)12-14-26(19,3)24(21)13-15-27(22,23)4/h17,19,21-24H,2,5-16H2,1,3-4H3,(H,29,30)/t17?,19?,21-,22+,23-,24-,26-,27+/m0/s1. The monoisotopic (exact) mass is 414 g/mol. The van der Waals surface area contributed by atoms with Gasteiger partial charge in [-0.05, 0) is 104 Å². The number of carboxylic acids is 1. The molecular weight excluding hydrogens is 372 g/mol. The van der Waals surface area contributed by atoms with Gasteiger partial charge in [-0.2, -0.15) is 0 Å². The van der Waals surface area contributed by atoms with Crippen LogP contribution in [0.4, 0.5) is 0 Å². The van der Waals surface area contributed by atoms with Crippen LogP contribution in [0.15, 0.2) is 12.2 Å². The fourth-order valence-corrected chi connectivity index (χ4v) is 8.97. The van der Waals surface area contributed by atoms with Crippen LogP contribution >= 0.6 is 0 Å². The van der Waals surface area contributed by atoms with Crippen molar-refractivity contribution in [2.75, 3.05) is 0 Å². The molecule has 0 aliphatic heterocycles. The van der Waals surface area contributed by atoms with Gasteiger partial charge in [-0.15, -0.1) is 0 Å². The predicted octanol–water partition coefficient (Wildman–Crippen LogP) is 6.66. The van der Waals surface area contributed by atoms with Crippen molar-refractivity contribution in [3.05, 3.63) is 12.2 Å². The lowest BCUT2D eigenvalue weighted by Crippen LogP contribution is -2.53. The normalized spacial score (nSPS) is 44.0. The maximum absolute atomic E-state index is 12.1. The van der Waals surface area contributed by atoms with E-state index in [1.54, 1.807) is 0 Å². The fraction of sp³-hybridized carbons (Fsp3) is 0.852. The quantitative estimate of drug-likeness (QED) is 0.494. The molecule has 4 saturated carbocycles. The van der Waals surface area contributed by atoms with Crippen molar-refractivity contribution in [2.45, 2.75) is 97.8 Å². The molecule has 4 rings (SSSR count). The van der Waals surface area contributed by atoms with Crippen LogP contribution in [0, 0.1) is 46.3 Å². The first-order valence-electron chi connectivity index (χ1n) is 12.6. The van der Waals surface area contributed by atoms with Gasteiger partial charge in [0.1, 0.15) is 5.78 Å². The number of carbonyl (C=O) groups is 2. The van der Waals surface area contributed by atoms with E-state index in [1.165, 1.54) is 38.5 Å². The summed E-state index contributed by atoms with van der Waals surface area (Å²) in [5, 5.41) is 9.06. The number of rotatable bonds is 6. The Labute approximate surface area is 183 Å². The summed E-state index contributed by atoms with van der Waals surface area (Å²) in [6.07, 6.45) is 13.6. The van der Waals surface area contributed by atoms with Crippen molar-refractivity contribution in [1.82, 2.24) is 0 Å². The fourth-order valence-electron chi connectivity index (χ4n) is 8.97. The summed E-state index contributed by atoms with van der Waals surface area (Å²) in [5.41, 5.74) is 1.21. The number of Topliss-reactive ketones (excluding diaryl/α,β-unsaturated/α-hetero) is 1. The zero-order valence-corrected chi connectivity index (χ0v) is 19.4. The number of fused-ring (bicyclic) bond motifs is 5. The third kappa shape index (κ3) is 3.58. The van der Waals surface area contributed by atoms with Crippen molar-refractivity contribution in [3.8, 4) is 0 Å². The summed E-state index contributed by atoms with van der Waals surface area (Å²) in [6, 6.07) is 0. The Balaban J connectivity index is 1.43. The second-order valence-electron chi connectivity index (χ2n) is 11.9. The Morgan fingerprint density at radius 2 is 1.83 bits per heavy atom. The van der Waals surface area contributed by atoms with Crippen LogP contribution in [-0.2, 0) is 9.59 Å². The zero-order chi connectivity index (χ0) is 21.7. The van der Waals surface area contributed by atoms with E-state index >= 15 is 0 Å². The molecule has 0 saturated heterocycles. The minimum Gasteiger partial charge on any atom is -0.478 e. The van der Waals surface area contributed by atoms with Crippen LogP contribution in [0.5, 0.6) is 0 Å². The topological polar surface area (TPSA) is 54.4 Å². The van der Waals surface area contributed by atoms with Crippen molar-refractivity contribution in [2.24, 2.45) is 46.3 Å². The maximum Gasteiger partial charge on any atom is 0.330 e. The van der Waals surface area contributed by atoms with Gasteiger partial charge in [0.25, 0.3) is 0 Å². The molecule has 0 radical (unpaired) electrons. The summed E-state index contributed by atoms with van der Waals surface area (Å²) >= 11 is 0. The zero-order valence-electron chi connectivity index (χ0n) is 19.4. The van der Waals surface area contributed by atoms with Crippen LogP contribution in [-0.4, -0.2) is 16.9 Å². The largest absolute Gasteiger partial charge is 0.478 e. The lowest BCUT2D eigenvalue weighted by Gasteiger charge is -2.60. The van der Waals surface area contributed by atoms with Crippen molar-refractivity contribution < 1.29 is 14.7 Å². The van der Waals surface area contributed by atoms with Crippen molar-refractivity contribution in [1.29, 1.82) is 0 Å². The number of aliphatic carboxylic acids is 1. The highest BCUT2D eigenvalue weighted by Crippen LogP contribution is 2.68. The minimum atomic E-state index is -0.845. The van der Waals surface area contributed by atoms with E-state index in [4.69, 9.17) is 5.11 Å². The second-order valence-corrected chi connectivity index (χ2v) is 11.9. The molecule has 0 amide bonds. The van der Waals surface area contributed by atoms with Gasteiger partial charge in [0, 0.05) is 18.4 Å². The van der Waals surface area contributed by atoms with Gasteiger partial charge in [-0.25, -0.2) is 4.79 Å². The SMILES string of the molecule is C=C(CCCC(C)[C@H]1CC[C@H]2[C@@H]3CCC4CC(=O)CC[C@]4(C)[C@H]3CC[C@]12C)C(=O)O. The first kappa shape index (κ1) is 22.1. The van der Waals surface area contributed by atoms with Gasteiger partial charge >= 0.3 is 5.97 Å². The number of ketones is 1. The molecule has 0 aromatic rings. The lowest BCUT2D eigenvalue weighted by atomic mass is 9.44. The smallest absolute Gasteiger partial charge is 0.330 e.